The molecule has 90 valence electrons. The Labute approximate surface area is 102 Å². The third-order valence-corrected chi connectivity index (χ3v) is 2.99. The minimum Gasteiger partial charge on any atom is -0.481 e. The summed E-state index contributed by atoms with van der Waals surface area (Å²) in [5.74, 6) is -2.95. The van der Waals surface area contributed by atoms with E-state index < -0.39 is 23.6 Å². The van der Waals surface area contributed by atoms with Gasteiger partial charge in [0.2, 0.25) is 5.91 Å². The van der Waals surface area contributed by atoms with E-state index >= 15 is 0 Å². The van der Waals surface area contributed by atoms with Gasteiger partial charge in [-0.3, -0.25) is 9.59 Å². The van der Waals surface area contributed by atoms with Crippen LogP contribution in [0.15, 0.2) is 18.2 Å². The van der Waals surface area contributed by atoms with Crippen molar-refractivity contribution >= 4 is 29.2 Å². The number of halogens is 2. The molecule has 1 aliphatic heterocycles. The number of carboxylic acids is 1. The number of hydrogen-bond acceptors (Lipinski definition) is 2. The number of amides is 1. The van der Waals surface area contributed by atoms with Crippen LogP contribution >= 0.6 is 11.6 Å². The second kappa shape index (κ2) is 4.33. The Bertz CT molecular complexity index is 492. The molecule has 1 aromatic rings. The van der Waals surface area contributed by atoms with Gasteiger partial charge < -0.3 is 10.0 Å². The van der Waals surface area contributed by atoms with E-state index in [0.717, 1.165) is 4.90 Å². The van der Waals surface area contributed by atoms with Gasteiger partial charge in [-0.25, -0.2) is 4.39 Å². The molecule has 1 unspecified atom stereocenters. The fraction of sp³-hybridized carbons (Fsp3) is 0.273. The van der Waals surface area contributed by atoms with E-state index in [1.165, 1.54) is 18.2 Å². The monoisotopic (exact) mass is 257 g/mol. The zero-order valence-electron chi connectivity index (χ0n) is 8.69. The Morgan fingerprint density at radius 2 is 2.24 bits per heavy atom. The maximum Gasteiger partial charge on any atom is 0.308 e. The number of hydrogen-bond donors (Lipinski definition) is 1. The molecule has 1 atom stereocenters. The van der Waals surface area contributed by atoms with E-state index in [2.05, 4.69) is 0 Å². The first-order valence-electron chi connectivity index (χ1n) is 4.98. The van der Waals surface area contributed by atoms with E-state index in [1.807, 2.05) is 0 Å². The number of carbonyl (C=O) groups excluding carboxylic acids is 1. The van der Waals surface area contributed by atoms with Gasteiger partial charge >= 0.3 is 5.97 Å². The molecule has 1 amide bonds. The molecule has 17 heavy (non-hydrogen) atoms. The fourth-order valence-electron chi connectivity index (χ4n) is 1.81. The minimum atomic E-state index is -1.05. The van der Waals surface area contributed by atoms with Gasteiger partial charge in [0.25, 0.3) is 0 Å². The van der Waals surface area contributed by atoms with Crippen LogP contribution < -0.4 is 4.90 Å². The Kier molecular flexibility index (Phi) is 3.02. The van der Waals surface area contributed by atoms with Crippen LogP contribution in [0.4, 0.5) is 10.1 Å². The number of aliphatic carboxylic acids is 1. The standard InChI is InChI=1S/C11H9ClFNO3/c12-7-2-1-3-8(10(7)13)14-5-6(11(16)17)4-9(14)15/h1-3,6H,4-5H2,(H,16,17). The summed E-state index contributed by atoms with van der Waals surface area (Å²) in [5.41, 5.74) is 0.0336. The molecule has 1 fully saturated rings. The van der Waals surface area contributed by atoms with Crippen molar-refractivity contribution in [1.29, 1.82) is 0 Å². The molecular weight excluding hydrogens is 249 g/mol. The van der Waals surface area contributed by atoms with Gasteiger partial charge in [0.1, 0.15) is 0 Å². The summed E-state index contributed by atoms with van der Waals surface area (Å²) in [6.07, 6.45) is -0.110. The van der Waals surface area contributed by atoms with Crippen LogP contribution in [0.3, 0.4) is 0 Å². The third kappa shape index (κ3) is 2.10. The number of carbonyl (C=O) groups is 2. The highest BCUT2D eigenvalue weighted by Gasteiger charge is 2.36. The Morgan fingerprint density at radius 1 is 1.53 bits per heavy atom. The molecule has 0 radical (unpaired) electrons. The van der Waals surface area contributed by atoms with E-state index in [0.29, 0.717) is 0 Å². The predicted octanol–water partition coefficient (Wildman–Crippen LogP) is 1.92. The maximum absolute atomic E-state index is 13.7. The van der Waals surface area contributed by atoms with E-state index in [4.69, 9.17) is 16.7 Å². The lowest BCUT2D eigenvalue weighted by molar-refractivity contribution is -0.141. The first kappa shape index (κ1) is 11.9. The van der Waals surface area contributed by atoms with E-state index in [9.17, 15) is 14.0 Å². The van der Waals surface area contributed by atoms with Crippen LogP contribution in [-0.2, 0) is 9.59 Å². The summed E-state index contributed by atoms with van der Waals surface area (Å²) in [6.45, 7) is -0.0224. The van der Waals surface area contributed by atoms with Gasteiger partial charge in [-0.15, -0.1) is 0 Å². The van der Waals surface area contributed by atoms with Crippen molar-refractivity contribution in [1.82, 2.24) is 0 Å². The van der Waals surface area contributed by atoms with Gasteiger partial charge in [0.15, 0.2) is 5.82 Å². The molecule has 6 heteroatoms. The molecule has 0 aliphatic carbocycles. The Balaban J connectivity index is 2.32. The molecule has 0 saturated carbocycles. The van der Waals surface area contributed by atoms with Gasteiger partial charge in [-0.05, 0) is 12.1 Å². The predicted molar refractivity (Wildman–Crippen MR) is 59.5 cm³/mol. The second-order valence-electron chi connectivity index (χ2n) is 3.82. The fourth-order valence-corrected chi connectivity index (χ4v) is 1.98. The van der Waals surface area contributed by atoms with Crippen LogP contribution in [0, 0.1) is 11.7 Å². The molecule has 1 aromatic carbocycles. The SMILES string of the molecule is O=C(O)C1CC(=O)N(c2cccc(Cl)c2F)C1. The molecule has 0 aromatic heterocycles. The van der Waals surface area contributed by atoms with Gasteiger partial charge in [-0.1, -0.05) is 17.7 Å². The summed E-state index contributed by atoms with van der Waals surface area (Å²) in [4.78, 5) is 23.5. The average Bonchev–Trinajstić information content (AvgIpc) is 2.65. The second-order valence-corrected chi connectivity index (χ2v) is 4.22. The van der Waals surface area contributed by atoms with Gasteiger partial charge in [0, 0.05) is 13.0 Å². The van der Waals surface area contributed by atoms with Crippen molar-refractivity contribution in [3.63, 3.8) is 0 Å². The maximum atomic E-state index is 13.7. The Morgan fingerprint density at radius 3 is 2.82 bits per heavy atom. The zero-order valence-corrected chi connectivity index (χ0v) is 9.45. The molecule has 1 heterocycles. The zero-order chi connectivity index (χ0) is 12.6. The lowest BCUT2D eigenvalue weighted by Crippen LogP contribution is -2.26. The topological polar surface area (TPSA) is 57.6 Å². The summed E-state index contributed by atoms with van der Waals surface area (Å²) < 4.78 is 13.7. The normalized spacial score (nSPS) is 19.8. The molecule has 1 N–H and O–H groups in total. The van der Waals surface area contributed by atoms with Crippen molar-refractivity contribution in [3.8, 4) is 0 Å². The van der Waals surface area contributed by atoms with Crippen molar-refractivity contribution in [2.24, 2.45) is 5.92 Å². The number of benzene rings is 1. The summed E-state index contributed by atoms with van der Waals surface area (Å²) in [6, 6.07) is 4.29. The minimum absolute atomic E-state index is 0.0224. The first-order chi connectivity index (χ1) is 8.00. The van der Waals surface area contributed by atoms with Crippen LogP contribution in [-0.4, -0.2) is 23.5 Å². The lowest BCUT2D eigenvalue weighted by Gasteiger charge is -2.17. The van der Waals surface area contributed by atoms with Crippen molar-refractivity contribution < 1.29 is 19.1 Å². The molecular formula is C11H9ClFNO3. The van der Waals surface area contributed by atoms with Crippen LogP contribution in [0.1, 0.15) is 6.42 Å². The molecule has 4 nitrogen and oxygen atoms in total. The van der Waals surface area contributed by atoms with Gasteiger partial charge in [0.05, 0.1) is 16.6 Å². The molecule has 1 aliphatic rings. The number of nitrogens with zero attached hydrogens (tertiary/aromatic N) is 1. The number of rotatable bonds is 2. The first-order valence-corrected chi connectivity index (χ1v) is 5.35. The summed E-state index contributed by atoms with van der Waals surface area (Å²) >= 11 is 5.61. The van der Waals surface area contributed by atoms with E-state index in [-0.39, 0.29) is 23.7 Å². The largest absolute Gasteiger partial charge is 0.481 e. The van der Waals surface area contributed by atoms with Crippen molar-refractivity contribution in [2.45, 2.75) is 6.42 Å². The lowest BCUT2D eigenvalue weighted by atomic mass is 10.1. The smallest absolute Gasteiger partial charge is 0.308 e. The van der Waals surface area contributed by atoms with Crippen molar-refractivity contribution in [2.75, 3.05) is 11.4 Å². The number of anilines is 1. The van der Waals surface area contributed by atoms with Crippen molar-refractivity contribution in [3.05, 3.63) is 29.0 Å². The van der Waals surface area contributed by atoms with Crippen LogP contribution in [0.2, 0.25) is 5.02 Å². The number of carboxylic acid groups (broad SMARTS) is 1. The van der Waals surface area contributed by atoms with Crippen LogP contribution in [0.25, 0.3) is 0 Å². The highest BCUT2D eigenvalue weighted by Crippen LogP contribution is 2.30. The molecule has 2 rings (SSSR count). The Hall–Kier alpha value is -1.62. The molecule has 0 spiro atoms. The summed E-state index contributed by atoms with van der Waals surface area (Å²) in [5, 5.41) is 8.73. The van der Waals surface area contributed by atoms with Crippen LogP contribution in [0.5, 0.6) is 0 Å². The quantitative estimate of drug-likeness (QED) is 0.881. The van der Waals surface area contributed by atoms with Gasteiger partial charge in [-0.2, -0.15) is 0 Å². The summed E-state index contributed by atoms with van der Waals surface area (Å²) in [7, 11) is 0. The molecule has 0 bridgehead atoms. The highest BCUT2D eigenvalue weighted by atomic mass is 35.5. The van der Waals surface area contributed by atoms with E-state index in [1.54, 1.807) is 0 Å². The average molecular weight is 258 g/mol. The molecule has 1 saturated heterocycles. The highest BCUT2D eigenvalue weighted by molar-refractivity contribution is 6.31. The third-order valence-electron chi connectivity index (χ3n) is 2.70.